The fourth-order valence-electron chi connectivity index (χ4n) is 4.32. The van der Waals surface area contributed by atoms with Crippen molar-refractivity contribution in [2.75, 3.05) is 23.7 Å². The highest BCUT2D eigenvalue weighted by Gasteiger charge is 2.09. The van der Waals surface area contributed by atoms with Crippen LogP contribution in [0.15, 0.2) is 48.8 Å². The Morgan fingerprint density at radius 3 is 2.00 bits per heavy atom. The smallest absolute Gasteiger partial charge is 0.264 e. The standard InChI is InChI=1S/C30H43N3O3S/c1-3-5-7-9-20-33(21-10-8-6-4-2)30-15-13-27(14-16-30)25-29(26-31)28-17-22-32(23-18-28)19-11-12-24-37(34,35)36/h13-18,22-23,25H,3-12,19-21,24H2,1-2H3/p+1. The van der Waals surface area contributed by atoms with E-state index in [-0.39, 0.29) is 5.75 Å². The Hall–Kier alpha value is -2.69. The second kappa shape index (κ2) is 16.9. The van der Waals surface area contributed by atoms with Crippen molar-refractivity contribution in [2.45, 2.75) is 84.6 Å². The van der Waals surface area contributed by atoms with Gasteiger partial charge in [0.1, 0.15) is 6.54 Å². The summed E-state index contributed by atoms with van der Waals surface area (Å²) in [6.45, 7) is 7.31. The molecule has 1 N–H and O–H groups in total. The SMILES string of the molecule is CCCCCCN(CCCCCC)c1ccc(/C=C(\C#N)c2cc[n+](CCCCS(=O)(=O)O)cc2)cc1. The van der Waals surface area contributed by atoms with Crippen molar-refractivity contribution in [3.63, 3.8) is 0 Å². The maximum Gasteiger partial charge on any atom is 0.264 e. The molecule has 1 aromatic heterocycles. The van der Waals surface area contributed by atoms with Gasteiger partial charge in [0, 0.05) is 42.9 Å². The van der Waals surface area contributed by atoms with Crippen LogP contribution < -0.4 is 9.47 Å². The first-order valence-corrected chi connectivity index (χ1v) is 15.4. The number of rotatable bonds is 18. The number of anilines is 1. The molecule has 202 valence electrons. The van der Waals surface area contributed by atoms with Gasteiger partial charge in [-0.3, -0.25) is 4.55 Å². The summed E-state index contributed by atoms with van der Waals surface area (Å²) < 4.78 is 32.5. The van der Waals surface area contributed by atoms with Crippen LogP contribution in [0, 0.1) is 11.3 Å². The van der Waals surface area contributed by atoms with E-state index in [1.165, 1.54) is 57.1 Å². The van der Waals surface area contributed by atoms with Crippen molar-refractivity contribution in [1.82, 2.24) is 0 Å². The molecule has 0 aliphatic rings. The number of hydrogen-bond donors (Lipinski definition) is 1. The van der Waals surface area contributed by atoms with Crippen molar-refractivity contribution in [2.24, 2.45) is 0 Å². The number of aryl methyl sites for hydroxylation is 1. The van der Waals surface area contributed by atoms with E-state index in [2.05, 4.69) is 49.1 Å². The summed E-state index contributed by atoms with van der Waals surface area (Å²) in [6, 6.07) is 14.7. The molecule has 1 aromatic carbocycles. The number of pyridine rings is 1. The summed E-state index contributed by atoms with van der Waals surface area (Å²) in [7, 11) is -3.91. The lowest BCUT2D eigenvalue weighted by Crippen LogP contribution is -2.32. The van der Waals surface area contributed by atoms with E-state index in [4.69, 9.17) is 4.55 Å². The lowest BCUT2D eigenvalue weighted by atomic mass is 10.0. The third-order valence-corrected chi connectivity index (χ3v) is 7.33. The van der Waals surface area contributed by atoms with Gasteiger partial charge >= 0.3 is 0 Å². The number of nitrogens with zero attached hydrogens (tertiary/aromatic N) is 3. The second-order valence-electron chi connectivity index (χ2n) is 9.69. The van der Waals surface area contributed by atoms with Gasteiger partial charge in [0.15, 0.2) is 12.4 Å². The van der Waals surface area contributed by atoms with E-state index in [1.807, 2.05) is 35.2 Å². The molecular weight excluding hydrogens is 482 g/mol. The summed E-state index contributed by atoms with van der Waals surface area (Å²) in [5.74, 6) is -0.221. The molecule has 0 radical (unpaired) electrons. The van der Waals surface area contributed by atoms with E-state index in [1.54, 1.807) is 0 Å². The van der Waals surface area contributed by atoms with E-state index in [9.17, 15) is 13.7 Å². The second-order valence-corrected chi connectivity index (χ2v) is 11.3. The van der Waals surface area contributed by atoms with E-state index in [0.717, 1.165) is 24.2 Å². The molecule has 2 aromatic rings. The number of aromatic nitrogens is 1. The summed E-state index contributed by atoms with van der Waals surface area (Å²) in [5, 5.41) is 9.77. The summed E-state index contributed by atoms with van der Waals surface area (Å²) in [5.41, 5.74) is 3.69. The van der Waals surface area contributed by atoms with Crippen molar-refractivity contribution >= 4 is 27.5 Å². The Morgan fingerprint density at radius 2 is 1.49 bits per heavy atom. The highest BCUT2D eigenvalue weighted by Crippen LogP contribution is 2.21. The maximum atomic E-state index is 10.8. The first-order valence-electron chi connectivity index (χ1n) is 13.8. The predicted octanol–water partition coefficient (Wildman–Crippen LogP) is 6.67. The van der Waals surface area contributed by atoms with Gasteiger partial charge in [0.25, 0.3) is 10.1 Å². The predicted molar refractivity (Wildman–Crippen MR) is 153 cm³/mol. The van der Waals surface area contributed by atoms with Gasteiger partial charge in [-0.25, -0.2) is 4.57 Å². The topological polar surface area (TPSA) is 85.3 Å². The summed E-state index contributed by atoms with van der Waals surface area (Å²) in [4.78, 5) is 2.51. The Balaban J connectivity index is 2.03. The molecule has 0 bridgehead atoms. The highest BCUT2D eigenvalue weighted by molar-refractivity contribution is 7.85. The Morgan fingerprint density at radius 1 is 0.892 bits per heavy atom. The first-order chi connectivity index (χ1) is 17.9. The first kappa shape index (κ1) is 30.5. The van der Waals surface area contributed by atoms with Crippen LogP contribution in [0.5, 0.6) is 0 Å². The third-order valence-electron chi connectivity index (χ3n) is 6.52. The van der Waals surface area contributed by atoms with Gasteiger partial charge in [-0.1, -0.05) is 64.5 Å². The minimum atomic E-state index is -3.91. The molecule has 0 unspecified atom stereocenters. The van der Waals surface area contributed by atoms with Crippen molar-refractivity contribution in [3.8, 4) is 6.07 Å². The van der Waals surface area contributed by atoms with Crippen LogP contribution in [0.25, 0.3) is 11.6 Å². The van der Waals surface area contributed by atoms with Gasteiger partial charge in [0.2, 0.25) is 0 Å². The zero-order valence-electron chi connectivity index (χ0n) is 22.6. The fraction of sp³-hybridized carbons (Fsp3) is 0.533. The van der Waals surface area contributed by atoms with Crippen LogP contribution in [0.1, 0.15) is 89.2 Å². The lowest BCUT2D eigenvalue weighted by molar-refractivity contribution is -0.697. The van der Waals surface area contributed by atoms with Gasteiger partial charge in [-0.2, -0.15) is 13.7 Å². The van der Waals surface area contributed by atoms with Gasteiger partial charge < -0.3 is 4.90 Å². The Bertz CT molecular complexity index is 1080. The molecular formula is C30H44N3O3S+. The van der Waals surface area contributed by atoms with Crippen LogP contribution in [-0.4, -0.2) is 31.8 Å². The average Bonchev–Trinajstić information content (AvgIpc) is 2.89. The monoisotopic (exact) mass is 526 g/mol. The number of benzene rings is 1. The van der Waals surface area contributed by atoms with E-state index < -0.39 is 10.1 Å². The number of hydrogen-bond acceptors (Lipinski definition) is 4. The van der Waals surface area contributed by atoms with Crippen LogP contribution >= 0.6 is 0 Å². The Labute approximate surface area is 224 Å². The Kier molecular flexibility index (Phi) is 14.0. The molecule has 0 atom stereocenters. The van der Waals surface area contributed by atoms with Crippen molar-refractivity contribution in [1.29, 1.82) is 5.26 Å². The molecule has 0 spiro atoms. The number of allylic oxidation sites excluding steroid dienone is 1. The zero-order chi connectivity index (χ0) is 26.9. The maximum absolute atomic E-state index is 10.8. The zero-order valence-corrected chi connectivity index (χ0v) is 23.4. The third kappa shape index (κ3) is 12.4. The normalized spacial score (nSPS) is 11.9. The molecule has 2 rings (SSSR count). The number of nitriles is 1. The molecule has 7 heteroatoms. The van der Waals surface area contributed by atoms with E-state index >= 15 is 0 Å². The minimum absolute atomic E-state index is 0.221. The molecule has 0 aliphatic heterocycles. The quantitative estimate of drug-likeness (QED) is 0.101. The van der Waals surface area contributed by atoms with Crippen molar-refractivity contribution < 1.29 is 17.5 Å². The molecule has 0 saturated heterocycles. The van der Waals surface area contributed by atoms with E-state index in [0.29, 0.717) is 25.0 Å². The molecule has 0 saturated carbocycles. The fourth-order valence-corrected chi connectivity index (χ4v) is 4.89. The minimum Gasteiger partial charge on any atom is -0.372 e. The molecule has 0 fully saturated rings. The van der Waals surface area contributed by atoms with Crippen LogP contribution in [0.2, 0.25) is 0 Å². The van der Waals surface area contributed by atoms with Gasteiger partial charge in [-0.05, 0) is 43.0 Å². The van der Waals surface area contributed by atoms with Crippen molar-refractivity contribution in [3.05, 3.63) is 59.9 Å². The average molecular weight is 527 g/mol. The molecule has 0 amide bonds. The summed E-state index contributed by atoms with van der Waals surface area (Å²) >= 11 is 0. The molecule has 37 heavy (non-hydrogen) atoms. The molecule has 0 aliphatic carbocycles. The van der Waals surface area contributed by atoms with Crippen LogP contribution in [0.4, 0.5) is 5.69 Å². The molecule has 1 heterocycles. The van der Waals surface area contributed by atoms with Crippen LogP contribution in [-0.2, 0) is 16.7 Å². The lowest BCUT2D eigenvalue weighted by Gasteiger charge is -2.25. The van der Waals surface area contributed by atoms with Gasteiger partial charge in [0.05, 0.1) is 17.4 Å². The van der Waals surface area contributed by atoms with Crippen LogP contribution in [0.3, 0.4) is 0 Å². The largest absolute Gasteiger partial charge is 0.372 e. The highest BCUT2D eigenvalue weighted by atomic mass is 32.2. The molecule has 6 nitrogen and oxygen atoms in total. The number of unbranched alkanes of at least 4 members (excludes halogenated alkanes) is 7. The van der Waals surface area contributed by atoms with Gasteiger partial charge in [-0.15, -0.1) is 0 Å². The summed E-state index contributed by atoms with van der Waals surface area (Å²) in [6.07, 6.45) is 16.8.